The highest BCUT2D eigenvalue weighted by Gasteiger charge is 1.88. The van der Waals surface area contributed by atoms with Crippen LogP contribution in [-0.2, 0) is 0 Å². The monoisotopic (exact) mass is 128 g/mol. The highest BCUT2D eigenvalue weighted by molar-refractivity contribution is 4.89. The summed E-state index contributed by atoms with van der Waals surface area (Å²) >= 11 is 0. The van der Waals surface area contributed by atoms with Gasteiger partial charge < -0.3 is 11.1 Å². The van der Waals surface area contributed by atoms with Gasteiger partial charge in [-0.2, -0.15) is 0 Å². The predicted molar refractivity (Wildman–Crippen MR) is 41.1 cm³/mol. The van der Waals surface area contributed by atoms with Crippen molar-refractivity contribution in [2.45, 2.75) is 19.8 Å². The van der Waals surface area contributed by atoms with Crippen LogP contribution in [0.3, 0.4) is 0 Å². The van der Waals surface area contributed by atoms with Crippen LogP contribution < -0.4 is 11.1 Å². The van der Waals surface area contributed by atoms with Crippen LogP contribution in [0.15, 0.2) is 12.3 Å². The molecule has 0 saturated heterocycles. The molecule has 2 nitrogen and oxygen atoms in total. The fraction of sp³-hybridized carbons (Fsp3) is 0.714. The second-order valence-corrected chi connectivity index (χ2v) is 2.03. The molecule has 0 bridgehead atoms. The third-order valence-corrected chi connectivity index (χ3v) is 1.11. The van der Waals surface area contributed by atoms with Gasteiger partial charge in [-0.1, -0.05) is 6.58 Å². The molecule has 2 heteroatoms. The van der Waals surface area contributed by atoms with Gasteiger partial charge in [0.1, 0.15) is 0 Å². The highest BCUT2D eigenvalue weighted by atomic mass is 14.9. The summed E-state index contributed by atoms with van der Waals surface area (Å²) in [5.74, 6) is 0. The average molecular weight is 128 g/mol. The van der Waals surface area contributed by atoms with E-state index in [1.807, 2.05) is 0 Å². The van der Waals surface area contributed by atoms with Crippen LogP contribution in [0, 0.1) is 0 Å². The lowest BCUT2D eigenvalue weighted by Gasteiger charge is -2.04. The molecule has 0 aliphatic heterocycles. The predicted octanol–water partition coefficient (Wildman–Crippen LogP) is 0.849. The van der Waals surface area contributed by atoms with Crippen molar-refractivity contribution >= 4 is 0 Å². The molecule has 0 fully saturated rings. The molecule has 3 N–H and O–H groups in total. The van der Waals surface area contributed by atoms with Crippen LogP contribution in [0.2, 0.25) is 0 Å². The Bertz CT molecular complexity index is 79.0. The number of allylic oxidation sites excluding steroid dienone is 1. The van der Waals surface area contributed by atoms with Crippen LogP contribution >= 0.6 is 0 Å². The minimum atomic E-state index is 0.754. The Labute approximate surface area is 57.1 Å². The Morgan fingerprint density at radius 2 is 2.33 bits per heavy atom. The van der Waals surface area contributed by atoms with E-state index in [9.17, 15) is 0 Å². The highest BCUT2D eigenvalue weighted by Crippen LogP contribution is 1.94. The summed E-state index contributed by atoms with van der Waals surface area (Å²) in [4.78, 5) is 0. The third kappa shape index (κ3) is 5.37. The maximum absolute atomic E-state index is 5.30. The summed E-state index contributed by atoms with van der Waals surface area (Å²) in [6.07, 6.45) is 2.04. The van der Waals surface area contributed by atoms with Crippen molar-refractivity contribution in [1.82, 2.24) is 5.32 Å². The zero-order valence-corrected chi connectivity index (χ0v) is 6.11. The molecule has 0 radical (unpaired) electrons. The Kier molecular flexibility index (Phi) is 5.32. The number of nitrogens with two attached hydrogens (primary N) is 1. The van der Waals surface area contributed by atoms with Gasteiger partial charge in [-0.3, -0.25) is 0 Å². The van der Waals surface area contributed by atoms with Crippen molar-refractivity contribution in [2.24, 2.45) is 5.73 Å². The Morgan fingerprint density at radius 1 is 1.67 bits per heavy atom. The van der Waals surface area contributed by atoms with E-state index < -0.39 is 0 Å². The molecule has 0 amide bonds. The van der Waals surface area contributed by atoms with Crippen LogP contribution in [0.1, 0.15) is 19.8 Å². The zero-order valence-electron chi connectivity index (χ0n) is 6.11. The van der Waals surface area contributed by atoms with Crippen molar-refractivity contribution in [2.75, 3.05) is 13.1 Å². The van der Waals surface area contributed by atoms with Gasteiger partial charge in [0.15, 0.2) is 0 Å². The van der Waals surface area contributed by atoms with E-state index in [2.05, 4.69) is 18.8 Å². The molecule has 0 aromatic rings. The van der Waals surface area contributed by atoms with E-state index in [0.29, 0.717) is 0 Å². The lowest BCUT2D eigenvalue weighted by atomic mass is 10.2. The number of nitrogens with one attached hydrogen (secondary N) is 1. The molecule has 0 aromatic heterocycles. The molecule has 0 saturated carbocycles. The standard InChI is InChI=1S/C7H16N2/c1-3-9-7(2)5-4-6-8/h9H,2-6,8H2,1H3. The molecule has 0 spiro atoms. The molecule has 0 atom stereocenters. The maximum Gasteiger partial charge on any atom is 0.0115 e. The molecule has 9 heavy (non-hydrogen) atoms. The summed E-state index contributed by atoms with van der Waals surface area (Å²) < 4.78 is 0. The summed E-state index contributed by atoms with van der Waals surface area (Å²) in [6.45, 7) is 7.59. The van der Waals surface area contributed by atoms with Crippen molar-refractivity contribution in [1.29, 1.82) is 0 Å². The molecular formula is C7H16N2. The summed E-state index contributed by atoms with van der Waals surface area (Å²) in [5, 5.41) is 3.13. The Balaban J connectivity index is 3.06. The fourth-order valence-corrected chi connectivity index (χ4v) is 0.654. The lowest BCUT2D eigenvalue weighted by molar-refractivity contribution is 0.738. The smallest absolute Gasteiger partial charge is 0.0115 e. The fourth-order valence-electron chi connectivity index (χ4n) is 0.654. The van der Waals surface area contributed by atoms with Crippen molar-refractivity contribution in [3.63, 3.8) is 0 Å². The molecule has 0 aromatic carbocycles. The zero-order chi connectivity index (χ0) is 7.11. The minimum absolute atomic E-state index is 0.754. The largest absolute Gasteiger partial charge is 0.389 e. The van der Waals surface area contributed by atoms with Gasteiger partial charge in [0.25, 0.3) is 0 Å². The van der Waals surface area contributed by atoms with E-state index in [1.54, 1.807) is 0 Å². The minimum Gasteiger partial charge on any atom is -0.389 e. The molecule has 0 unspecified atom stereocenters. The van der Waals surface area contributed by atoms with E-state index in [0.717, 1.165) is 31.6 Å². The van der Waals surface area contributed by atoms with Gasteiger partial charge in [0.05, 0.1) is 0 Å². The van der Waals surface area contributed by atoms with Gasteiger partial charge >= 0.3 is 0 Å². The van der Waals surface area contributed by atoms with Gasteiger partial charge in [-0.05, 0) is 26.3 Å². The molecular weight excluding hydrogens is 112 g/mol. The van der Waals surface area contributed by atoms with Crippen molar-refractivity contribution < 1.29 is 0 Å². The Morgan fingerprint density at radius 3 is 2.78 bits per heavy atom. The first kappa shape index (κ1) is 8.50. The van der Waals surface area contributed by atoms with Gasteiger partial charge in [0, 0.05) is 12.2 Å². The van der Waals surface area contributed by atoms with Crippen LogP contribution in [0.5, 0.6) is 0 Å². The molecule has 0 aliphatic rings. The quantitative estimate of drug-likeness (QED) is 0.576. The molecule has 0 aliphatic carbocycles. The summed E-state index contributed by atoms with van der Waals surface area (Å²) in [5.41, 5.74) is 6.40. The summed E-state index contributed by atoms with van der Waals surface area (Å²) in [6, 6.07) is 0. The van der Waals surface area contributed by atoms with Gasteiger partial charge in [-0.15, -0.1) is 0 Å². The second kappa shape index (κ2) is 5.63. The topological polar surface area (TPSA) is 38.0 Å². The molecule has 0 heterocycles. The second-order valence-electron chi connectivity index (χ2n) is 2.03. The Hall–Kier alpha value is -0.500. The van der Waals surface area contributed by atoms with Crippen LogP contribution in [0.25, 0.3) is 0 Å². The van der Waals surface area contributed by atoms with E-state index in [-0.39, 0.29) is 0 Å². The average Bonchev–Trinajstić information content (AvgIpc) is 1.85. The first-order valence-electron chi connectivity index (χ1n) is 3.43. The maximum atomic E-state index is 5.30. The van der Waals surface area contributed by atoms with Crippen molar-refractivity contribution in [3.05, 3.63) is 12.3 Å². The number of hydrogen-bond acceptors (Lipinski definition) is 2. The van der Waals surface area contributed by atoms with Gasteiger partial charge in [-0.25, -0.2) is 0 Å². The third-order valence-electron chi connectivity index (χ3n) is 1.11. The van der Waals surface area contributed by atoms with E-state index in [4.69, 9.17) is 5.73 Å². The molecule has 54 valence electrons. The van der Waals surface area contributed by atoms with E-state index in [1.165, 1.54) is 0 Å². The van der Waals surface area contributed by atoms with Gasteiger partial charge in [0.2, 0.25) is 0 Å². The van der Waals surface area contributed by atoms with E-state index >= 15 is 0 Å². The first-order chi connectivity index (χ1) is 4.31. The van der Waals surface area contributed by atoms with Crippen LogP contribution in [0.4, 0.5) is 0 Å². The van der Waals surface area contributed by atoms with Crippen LogP contribution in [-0.4, -0.2) is 13.1 Å². The number of hydrogen-bond donors (Lipinski definition) is 2. The molecule has 0 rings (SSSR count). The normalized spacial score (nSPS) is 9.11. The summed E-state index contributed by atoms with van der Waals surface area (Å²) in [7, 11) is 0. The SMILES string of the molecule is C=C(CCCN)NCC. The number of rotatable bonds is 5. The lowest BCUT2D eigenvalue weighted by Crippen LogP contribution is -2.12. The first-order valence-corrected chi connectivity index (χ1v) is 3.43. The van der Waals surface area contributed by atoms with Crippen molar-refractivity contribution in [3.8, 4) is 0 Å².